The van der Waals surface area contributed by atoms with Gasteiger partial charge in [0.25, 0.3) is 5.69 Å². The summed E-state index contributed by atoms with van der Waals surface area (Å²) in [7, 11) is 0. The monoisotopic (exact) mass is 250 g/mol. The van der Waals surface area contributed by atoms with Crippen LogP contribution in [0.5, 0.6) is 0 Å². The van der Waals surface area contributed by atoms with Crippen molar-refractivity contribution in [1.82, 2.24) is 0 Å². The summed E-state index contributed by atoms with van der Waals surface area (Å²) in [5.74, 6) is 0. The van der Waals surface area contributed by atoms with E-state index in [9.17, 15) is 14.9 Å². The molecule has 1 aromatic carbocycles. The lowest BCUT2D eigenvalue weighted by molar-refractivity contribution is -0.384. The summed E-state index contributed by atoms with van der Waals surface area (Å²) in [4.78, 5) is 19.8. The molecule has 0 atom stereocenters. The fourth-order valence-electron chi connectivity index (χ4n) is 1.68. The van der Waals surface area contributed by atoms with E-state index in [-0.39, 0.29) is 5.69 Å². The van der Waals surface area contributed by atoms with E-state index in [1.165, 1.54) is 18.6 Å². The minimum absolute atomic E-state index is 0.126. The molecule has 97 valence electrons. The van der Waals surface area contributed by atoms with Crippen LogP contribution < -0.4 is 0 Å². The molecule has 18 heavy (non-hydrogen) atoms. The van der Waals surface area contributed by atoms with Crippen LogP contribution in [0.1, 0.15) is 31.2 Å². The summed E-state index contributed by atoms with van der Waals surface area (Å²) in [6.07, 6.45) is 4.87. The quantitative estimate of drug-likeness (QED) is 0.384. The van der Waals surface area contributed by atoms with Crippen LogP contribution in [0.4, 0.5) is 5.69 Å². The Balaban J connectivity index is 2.15. The highest BCUT2D eigenvalue weighted by molar-refractivity contribution is 5.38. The molecule has 0 N–H and O–H groups in total. The Morgan fingerprint density at radius 1 is 1.11 bits per heavy atom. The fourth-order valence-corrected chi connectivity index (χ4v) is 1.68. The van der Waals surface area contributed by atoms with Gasteiger partial charge in [0, 0.05) is 12.1 Å². The van der Waals surface area contributed by atoms with Crippen molar-refractivity contribution >= 4 is 12.2 Å². The first-order chi connectivity index (χ1) is 8.74. The van der Waals surface area contributed by atoms with Gasteiger partial charge in [-0.1, -0.05) is 25.0 Å². The number of carbonyl (C=O) groups excluding carboxylic acids is 1. The van der Waals surface area contributed by atoms with Crippen LogP contribution in [0.25, 0.3) is 0 Å². The van der Waals surface area contributed by atoms with Crippen molar-refractivity contribution in [2.24, 2.45) is 0 Å². The Morgan fingerprint density at radius 2 is 1.78 bits per heavy atom. The van der Waals surface area contributed by atoms with Crippen molar-refractivity contribution in [3.05, 3.63) is 39.9 Å². The molecule has 0 aromatic heterocycles. The van der Waals surface area contributed by atoms with Crippen LogP contribution in [0.3, 0.4) is 0 Å². The summed E-state index contributed by atoms with van der Waals surface area (Å²) in [5.41, 5.74) is 1.24. The molecule has 1 radical (unpaired) electrons. The summed E-state index contributed by atoms with van der Waals surface area (Å²) in [5, 5.41) is 10.5. The number of nitrogens with zero attached hydrogens (tertiary/aromatic N) is 1. The molecule has 5 nitrogen and oxygen atoms in total. The van der Waals surface area contributed by atoms with Crippen LogP contribution in [-0.4, -0.2) is 18.0 Å². The van der Waals surface area contributed by atoms with Gasteiger partial charge in [-0.3, -0.25) is 10.1 Å². The van der Waals surface area contributed by atoms with E-state index in [1.54, 1.807) is 12.1 Å². The van der Waals surface area contributed by atoms with Crippen molar-refractivity contribution in [3.63, 3.8) is 0 Å². The lowest BCUT2D eigenvalue weighted by Crippen LogP contribution is -1.92. The first-order valence-electron chi connectivity index (χ1n) is 5.96. The van der Waals surface area contributed by atoms with E-state index in [0.717, 1.165) is 37.7 Å². The second kappa shape index (κ2) is 8.22. The molecule has 0 fully saturated rings. The van der Waals surface area contributed by atoms with Crippen LogP contribution in [-0.2, 0) is 16.0 Å². The molecule has 0 amide bonds. The van der Waals surface area contributed by atoms with E-state index in [4.69, 9.17) is 0 Å². The zero-order valence-electron chi connectivity index (χ0n) is 10.1. The van der Waals surface area contributed by atoms with Gasteiger partial charge in [-0.2, -0.15) is 0 Å². The molecule has 0 aliphatic carbocycles. The lowest BCUT2D eigenvalue weighted by Gasteiger charge is -2.01. The van der Waals surface area contributed by atoms with Gasteiger partial charge in [0.2, 0.25) is 0 Å². The van der Waals surface area contributed by atoms with Gasteiger partial charge in [0.05, 0.1) is 11.5 Å². The predicted octanol–water partition coefficient (Wildman–Crippen LogP) is 2.78. The van der Waals surface area contributed by atoms with E-state index in [0.29, 0.717) is 6.61 Å². The number of nitro benzene ring substituents is 1. The second-order valence-electron chi connectivity index (χ2n) is 4.02. The van der Waals surface area contributed by atoms with Crippen molar-refractivity contribution in [2.75, 3.05) is 6.61 Å². The van der Waals surface area contributed by atoms with Gasteiger partial charge in [-0.15, -0.1) is 0 Å². The molecular formula is C13H16NO4. The number of nitro groups is 1. The molecule has 0 saturated heterocycles. The van der Waals surface area contributed by atoms with Crippen molar-refractivity contribution in [3.8, 4) is 0 Å². The van der Waals surface area contributed by atoms with Gasteiger partial charge >= 0.3 is 6.47 Å². The number of rotatable bonds is 9. The first-order valence-corrected chi connectivity index (χ1v) is 5.96. The van der Waals surface area contributed by atoms with Crippen molar-refractivity contribution < 1.29 is 14.5 Å². The summed E-state index contributed by atoms with van der Waals surface area (Å²) in [6.45, 7) is 1.83. The van der Waals surface area contributed by atoms with Gasteiger partial charge in [0.1, 0.15) is 0 Å². The van der Waals surface area contributed by atoms with Gasteiger partial charge in [0.15, 0.2) is 0 Å². The molecule has 0 saturated carbocycles. The van der Waals surface area contributed by atoms with Crippen LogP contribution in [0.2, 0.25) is 0 Å². The number of hydrogen-bond donors (Lipinski definition) is 0. The Morgan fingerprint density at radius 3 is 2.39 bits per heavy atom. The third-order valence-corrected chi connectivity index (χ3v) is 2.67. The average molecular weight is 250 g/mol. The predicted molar refractivity (Wildman–Crippen MR) is 66.9 cm³/mol. The number of non-ortho nitro benzene ring substituents is 1. The van der Waals surface area contributed by atoms with Crippen LogP contribution in [0.15, 0.2) is 24.3 Å². The maximum atomic E-state index is 10.5. The molecule has 0 bridgehead atoms. The number of benzene rings is 1. The van der Waals surface area contributed by atoms with Crippen molar-refractivity contribution in [2.45, 2.75) is 32.1 Å². The summed E-state index contributed by atoms with van der Waals surface area (Å²) < 4.78 is 4.46. The number of aryl methyl sites for hydroxylation is 1. The smallest absolute Gasteiger partial charge is 0.417 e. The van der Waals surface area contributed by atoms with E-state index in [2.05, 4.69) is 4.74 Å². The second-order valence-corrected chi connectivity index (χ2v) is 4.02. The highest BCUT2D eigenvalue weighted by Crippen LogP contribution is 2.14. The maximum Gasteiger partial charge on any atom is 0.417 e. The van der Waals surface area contributed by atoms with E-state index < -0.39 is 4.92 Å². The SMILES string of the molecule is O=[C]OCCCCCCc1ccc([N+](=O)[O-])cc1. The van der Waals surface area contributed by atoms with Crippen molar-refractivity contribution in [1.29, 1.82) is 0 Å². The normalized spacial score (nSPS) is 10.0. The van der Waals surface area contributed by atoms with Crippen LogP contribution in [0, 0.1) is 10.1 Å². The molecule has 0 spiro atoms. The molecule has 0 heterocycles. The largest absolute Gasteiger partial charge is 0.457 e. The summed E-state index contributed by atoms with van der Waals surface area (Å²) >= 11 is 0. The molecule has 1 rings (SSSR count). The Bertz CT molecular complexity index is 375. The van der Waals surface area contributed by atoms with Gasteiger partial charge in [-0.05, 0) is 24.8 Å². The molecule has 0 unspecified atom stereocenters. The Kier molecular flexibility index (Phi) is 6.46. The maximum absolute atomic E-state index is 10.5. The highest BCUT2D eigenvalue weighted by atomic mass is 16.6. The van der Waals surface area contributed by atoms with Gasteiger partial charge < -0.3 is 4.74 Å². The van der Waals surface area contributed by atoms with E-state index in [1.807, 2.05) is 0 Å². The lowest BCUT2D eigenvalue weighted by atomic mass is 10.1. The number of hydrogen-bond acceptors (Lipinski definition) is 4. The van der Waals surface area contributed by atoms with E-state index >= 15 is 0 Å². The number of ether oxygens (including phenoxy) is 1. The van der Waals surface area contributed by atoms with Gasteiger partial charge in [-0.25, -0.2) is 4.79 Å². The number of unbranched alkanes of at least 4 members (excludes halogenated alkanes) is 3. The Hall–Kier alpha value is -1.91. The average Bonchev–Trinajstić information content (AvgIpc) is 2.38. The Labute approximate surface area is 106 Å². The minimum Gasteiger partial charge on any atom is -0.457 e. The van der Waals surface area contributed by atoms with Crippen LogP contribution >= 0.6 is 0 Å². The molecule has 0 aliphatic rings. The third kappa shape index (κ3) is 5.43. The molecule has 5 heteroatoms. The molecule has 0 aliphatic heterocycles. The molecule has 1 aromatic rings. The molecular weight excluding hydrogens is 234 g/mol. The zero-order valence-corrected chi connectivity index (χ0v) is 10.1. The first kappa shape index (κ1) is 14.2. The minimum atomic E-state index is -0.395. The highest BCUT2D eigenvalue weighted by Gasteiger charge is 2.03. The third-order valence-electron chi connectivity index (χ3n) is 2.67. The summed E-state index contributed by atoms with van der Waals surface area (Å²) in [6, 6.07) is 6.65. The topological polar surface area (TPSA) is 69.4 Å². The standard InChI is InChI=1S/C13H16NO4/c15-11-18-10-4-2-1-3-5-12-6-8-13(9-7-12)14(16)17/h6-9H,1-5,10H2. The zero-order chi connectivity index (χ0) is 13.2. The fraction of sp³-hybridized carbons (Fsp3) is 0.462.